The van der Waals surface area contributed by atoms with E-state index in [1.54, 1.807) is 0 Å². The molecule has 0 aromatic heterocycles. The average molecular weight is 211 g/mol. The third kappa shape index (κ3) is 2.94. The van der Waals surface area contributed by atoms with Crippen molar-refractivity contribution in [1.82, 2.24) is 5.32 Å². The molecule has 2 N–H and O–H groups in total. The van der Waals surface area contributed by atoms with Gasteiger partial charge in [0.1, 0.15) is 0 Å². The maximum Gasteiger partial charge on any atom is 0.0693 e. The number of hydrogen-bond acceptors (Lipinski definition) is 2. The van der Waals surface area contributed by atoms with Gasteiger partial charge in [0.05, 0.1) is 6.10 Å². The van der Waals surface area contributed by atoms with Gasteiger partial charge in [-0.3, -0.25) is 0 Å². The Labute approximate surface area is 93.5 Å². The highest BCUT2D eigenvalue weighted by molar-refractivity contribution is 4.87. The second-order valence-corrected chi connectivity index (χ2v) is 5.49. The van der Waals surface area contributed by atoms with E-state index in [9.17, 15) is 5.11 Å². The second kappa shape index (κ2) is 5.31. The Morgan fingerprint density at radius 3 is 2.13 bits per heavy atom. The van der Waals surface area contributed by atoms with Crippen LogP contribution in [0, 0.1) is 5.92 Å². The van der Waals surface area contributed by atoms with Crippen LogP contribution in [0.25, 0.3) is 0 Å². The van der Waals surface area contributed by atoms with Crippen LogP contribution in [0.5, 0.6) is 0 Å². The van der Waals surface area contributed by atoms with Crippen molar-refractivity contribution >= 4 is 0 Å². The van der Waals surface area contributed by atoms with Crippen LogP contribution in [0.1, 0.15) is 58.3 Å². The second-order valence-electron chi connectivity index (χ2n) is 5.49. The van der Waals surface area contributed by atoms with Gasteiger partial charge in [-0.1, -0.05) is 32.6 Å². The standard InChI is InChI=1S/C13H25NO/c1-10-6-2-3-7-11(10)14-12-8-4-5-9-13(12)15/h10-15H,2-9H2,1H3/t10-,11-,12-,13+/m1/s1. The Kier molecular flexibility index (Phi) is 4.04. The van der Waals surface area contributed by atoms with E-state index in [0.717, 1.165) is 12.3 Å². The Hall–Kier alpha value is -0.0800. The van der Waals surface area contributed by atoms with Gasteiger partial charge in [0.15, 0.2) is 0 Å². The highest BCUT2D eigenvalue weighted by atomic mass is 16.3. The first-order valence-corrected chi connectivity index (χ1v) is 6.71. The minimum Gasteiger partial charge on any atom is -0.392 e. The summed E-state index contributed by atoms with van der Waals surface area (Å²) < 4.78 is 0. The van der Waals surface area contributed by atoms with Crippen molar-refractivity contribution in [3.8, 4) is 0 Å². The lowest BCUT2D eigenvalue weighted by molar-refractivity contribution is 0.0758. The van der Waals surface area contributed by atoms with E-state index in [1.165, 1.54) is 44.9 Å². The molecule has 2 heteroatoms. The fourth-order valence-electron chi connectivity index (χ4n) is 3.14. The fraction of sp³-hybridized carbons (Fsp3) is 1.00. The van der Waals surface area contributed by atoms with E-state index >= 15 is 0 Å². The van der Waals surface area contributed by atoms with Gasteiger partial charge in [-0.2, -0.15) is 0 Å². The first-order chi connectivity index (χ1) is 7.27. The fourth-order valence-corrected chi connectivity index (χ4v) is 3.14. The molecule has 4 atom stereocenters. The Bertz CT molecular complexity index is 175. The van der Waals surface area contributed by atoms with E-state index in [1.807, 2.05) is 0 Å². The number of aliphatic hydroxyl groups is 1. The van der Waals surface area contributed by atoms with Gasteiger partial charge in [0.2, 0.25) is 0 Å². The summed E-state index contributed by atoms with van der Waals surface area (Å²) in [5.74, 6) is 0.799. The van der Waals surface area contributed by atoms with Gasteiger partial charge in [-0.25, -0.2) is 0 Å². The maximum atomic E-state index is 9.92. The van der Waals surface area contributed by atoms with Crippen LogP contribution in [-0.2, 0) is 0 Å². The number of nitrogens with one attached hydrogen (secondary N) is 1. The molecule has 0 saturated heterocycles. The third-order valence-electron chi connectivity index (χ3n) is 4.27. The number of aliphatic hydroxyl groups excluding tert-OH is 1. The highest BCUT2D eigenvalue weighted by Crippen LogP contribution is 2.26. The predicted octanol–water partition coefficient (Wildman–Crippen LogP) is 2.46. The Morgan fingerprint density at radius 2 is 1.47 bits per heavy atom. The molecule has 0 aliphatic heterocycles. The van der Waals surface area contributed by atoms with Crippen molar-refractivity contribution in [2.45, 2.75) is 76.5 Å². The van der Waals surface area contributed by atoms with Gasteiger partial charge in [0, 0.05) is 12.1 Å². The van der Waals surface area contributed by atoms with Crippen molar-refractivity contribution < 1.29 is 5.11 Å². The molecule has 2 rings (SSSR count). The highest BCUT2D eigenvalue weighted by Gasteiger charge is 2.28. The lowest BCUT2D eigenvalue weighted by atomic mass is 9.84. The monoisotopic (exact) mass is 211 g/mol. The first kappa shape index (κ1) is 11.4. The van der Waals surface area contributed by atoms with Crippen molar-refractivity contribution in [3.63, 3.8) is 0 Å². The summed E-state index contributed by atoms with van der Waals surface area (Å²) in [7, 11) is 0. The molecule has 88 valence electrons. The van der Waals surface area contributed by atoms with Gasteiger partial charge in [0.25, 0.3) is 0 Å². The van der Waals surface area contributed by atoms with Gasteiger partial charge < -0.3 is 10.4 Å². The molecule has 2 nitrogen and oxygen atoms in total. The molecule has 0 aromatic rings. The van der Waals surface area contributed by atoms with E-state index in [4.69, 9.17) is 0 Å². The van der Waals surface area contributed by atoms with Gasteiger partial charge >= 0.3 is 0 Å². The van der Waals surface area contributed by atoms with Crippen LogP contribution in [0.3, 0.4) is 0 Å². The van der Waals surface area contributed by atoms with Crippen molar-refractivity contribution in [3.05, 3.63) is 0 Å². The molecular formula is C13H25NO. The Balaban J connectivity index is 1.83. The van der Waals surface area contributed by atoms with Gasteiger partial charge in [-0.15, -0.1) is 0 Å². The average Bonchev–Trinajstić information content (AvgIpc) is 2.24. The lowest BCUT2D eigenvalue weighted by Gasteiger charge is -2.37. The largest absolute Gasteiger partial charge is 0.392 e. The SMILES string of the molecule is C[C@@H]1CCCC[C@H]1N[C@@H]1CCCC[C@@H]1O. The minimum atomic E-state index is -0.0899. The van der Waals surface area contributed by atoms with Crippen LogP contribution >= 0.6 is 0 Å². The summed E-state index contributed by atoms with van der Waals surface area (Å²) in [6, 6.07) is 1.04. The number of hydrogen-bond donors (Lipinski definition) is 2. The van der Waals surface area contributed by atoms with Crippen LogP contribution < -0.4 is 5.32 Å². The van der Waals surface area contributed by atoms with E-state index in [0.29, 0.717) is 12.1 Å². The topological polar surface area (TPSA) is 32.3 Å². The molecule has 0 amide bonds. The van der Waals surface area contributed by atoms with E-state index < -0.39 is 0 Å². The molecule has 15 heavy (non-hydrogen) atoms. The summed E-state index contributed by atoms with van der Waals surface area (Å²) in [4.78, 5) is 0. The zero-order valence-corrected chi connectivity index (χ0v) is 9.91. The summed E-state index contributed by atoms with van der Waals surface area (Å²) >= 11 is 0. The van der Waals surface area contributed by atoms with Crippen molar-refractivity contribution in [2.75, 3.05) is 0 Å². The van der Waals surface area contributed by atoms with E-state index in [2.05, 4.69) is 12.2 Å². The quantitative estimate of drug-likeness (QED) is 0.735. The van der Waals surface area contributed by atoms with Crippen LogP contribution in [0.2, 0.25) is 0 Å². The molecule has 0 aromatic carbocycles. The molecule has 2 fully saturated rings. The number of rotatable bonds is 2. The normalized spacial score (nSPS) is 42.8. The molecule has 2 aliphatic carbocycles. The van der Waals surface area contributed by atoms with Crippen LogP contribution in [0.15, 0.2) is 0 Å². The van der Waals surface area contributed by atoms with Gasteiger partial charge in [-0.05, 0) is 31.6 Å². The molecule has 0 spiro atoms. The zero-order chi connectivity index (χ0) is 10.7. The predicted molar refractivity (Wildman–Crippen MR) is 62.8 cm³/mol. The molecule has 0 unspecified atom stereocenters. The molecule has 2 aliphatic rings. The van der Waals surface area contributed by atoms with E-state index in [-0.39, 0.29) is 6.10 Å². The molecule has 0 radical (unpaired) electrons. The molecular weight excluding hydrogens is 186 g/mol. The van der Waals surface area contributed by atoms with Crippen LogP contribution in [-0.4, -0.2) is 23.3 Å². The maximum absolute atomic E-state index is 9.92. The first-order valence-electron chi connectivity index (χ1n) is 6.71. The summed E-state index contributed by atoms with van der Waals surface area (Å²) in [6.45, 7) is 2.35. The smallest absolute Gasteiger partial charge is 0.0693 e. The van der Waals surface area contributed by atoms with Crippen LogP contribution in [0.4, 0.5) is 0 Å². The molecule has 0 heterocycles. The summed E-state index contributed by atoms with van der Waals surface area (Å²) in [5.41, 5.74) is 0. The summed E-state index contributed by atoms with van der Waals surface area (Å²) in [6.07, 6.45) is 10.0. The third-order valence-corrected chi connectivity index (χ3v) is 4.27. The van der Waals surface area contributed by atoms with Crippen molar-refractivity contribution in [1.29, 1.82) is 0 Å². The minimum absolute atomic E-state index is 0.0899. The zero-order valence-electron chi connectivity index (χ0n) is 9.91. The molecule has 2 saturated carbocycles. The Morgan fingerprint density at radius 1 is 0.867 bits per heavy atom. The molecule has 0 bridgehead atoms. The summed E-state index contributed by atoms with van der Waals surface area (Å²) in [5, 5.41) is 13.6. The lowest BCUT2D eigenvalue weighted by Crippen LogP contribution is -2.50. The van der Waals surface area contributed by atoms with Crippen molar-refractivity contribution in [2.24, 2.45) is 5.92 Å².